The van der Waals surface area contributed by atoms with E-state index >= 15 is 0 Å². The van der Waals surface area contributed by atoms with E-state index in [0.29, 0.717) is 0 Å². The molecule has 0 fully saturated rings. The van der Waals surface area contributed by atoms with Crippen LogP contribution in [0.15, 0.2) is 0 Å². The van der Waals surface area contributed by atoms with Crippen LogP contribution >= 0.6 is 0 Å². The Hall–Kier alpha value is -0.120. The van der Waals surface area contributed by atoms with Gasteiger partial charge in [0, 0.05) is 13.7 Å². The van der Waals surface area contributed by atoms with E-state index < -0.39 is 6.29 Å². The van der Waals surface area contributed by atoms with Gasteiger partial charge >= 0.3 is 0 Å². The Balaban J connectivity index is 0. The van der Waals surface area contributed by atoms with Gasteiger partial charge in [0.1, 0.15) is 0 Å². The Morgan fingerprint density at radius 3 is 1.75 bits per heavy atom. The van der Waals surface area contributed by atoms with Crippen molar-refractivity contribution in [2.45, 2.75) is 20.1 Å². The highest BCUT2D eigenvalue weighted by Gasteiger charge is 1.80. The highest BCUT2D eigenvalue weighted by Crippen LogP contribution is 1.72. The topological polar surface area (TPSA) is 49.7 Å². The molecule has 0 aromatic carbocycles. The number of ether oxygens (including phenoxy) is 1. The fraction of sp³-hybridized carbons (Fsp3) is 1.00. The Morgan fingerprint density at radius 1 is 1.62 bits per heavy atom. The van der Waals surface area contributed by atoms with E-state index in [2.05, 4.69) is 4.74 Å². The van der Waals surface area contributed by atoms with Crippen molar-refractivity contribution >= 4 is 0 Å². The second kappa shape index (κ2) is 9.99. The lowest BCUT2D eigenvalue weighted by Gasteiger charge is -1.94. The molecular weight excluding hydrogens is 108 g/mol. The van der Waals surface area contributed by atoms with E-state index in [1.807, 2.05) is 0 Å². The van der Waals surface area contributed by atoms with Crippen LogP contribution in [0.5, 0.6) is 0 Å². The molecule has 0 aliphatic heterocycles. The van der Waals surface area contributed by atoms with Crippen molar-refractivity contribution in [3.05, 3.63) is 0 Å². The first-order valence-corrected chi connectivity index (χ1v) is 2.50. The summed E-state index contributed by atoms with van der Waals surface area (Å²) >= 11 is 0. The van der Waals surface area contributed by atoms with E-state index in [1.165, 1.54) is 7.11 Å². The van der Waals surface area contributed by atoms with Gasteiger partial charge in [-0.25, -0.2) is 0 Å². The molecule has 0 aromatic rings. The lowest BCUT2D eigenvalue weighted by atomic mass is 10.8. The summed E-state index contributed by atoms with van der Waals surface area (Å²) in [5.74, 6) is 0. The maximum absolute atomic E-state index is 8.14. The normalized spacial score (nSPS) is 11.6. The van der Waals surface area contributed by atoms with Crippen LogP contribution in [0.4, 0.5) is 0 Å². The third-order valence-corrected chi connectivity index (χ3v) is 0.341. The molecule has 8 heavy (non-hydrogen) atoms. The summed E-state index contributed by atoms with van der Waals surface area (Å²) in [6.45, 7) is 3.49. The van der Waals surface area contributed by atoms with Crippen LogP contribution in [0.3, 0.4) is 0 Å². The van der Waals surface area contributed by atoms with Gasteiger partial charge in [-0.1, -0.05) is 0 Å². The van der Waals surface area contributed by atoms with Gasteiger partial charge in [-0.2, -0.15) is 0 Å². The molecule has 1 unspecified atom stereocenters. The summed E-state index contributed by atoms with van der Waals surface area (Å²) < 4.78 is 4.31. The summed E-state index contributed by atoms with van der Waals surface area (Å²) in [6, 6.07) is 0. The fourth-order valence-electron chi connectivity index (χ4n) is 0. The maximum atomic E-state index is 8.14. The van der Waals surface area contributed by atoms with Gasteiger partial charge in [-0.15, -0.1) is 0 Å². The Labute approximate surface area is 49.9 Å². The predicted molar refractivity (Wildman–Crippen MR) is 31.4 cm³/mol. The van der Waals surface area contributed by atoms with Gasteiger partial charge in [0.15, 0.2) is 6.29 Å². The third kappa shape index (κ3) is 39.6. The minimum absolute atomic E-state index is 0.250. The third-order valence-electron chi connectivity index (χ3n) is 0.341. The SMILES string of the molecule is CCO.COC(C)O. The molecule has 0 aromatic heterocycles. The average molecular weight is 122 g/mol. The van der Waals surface area contributed by atoms with E-state index in [4.69, 9.17) is 10.2 Å². The van der Waals surface area contributed by atoms with Gasteiger partial charge < -0.3 is 14.9 Å². The van der Waals surface area contributed by atoms with Crippen LogP contribution < -0.4 is 0 Å². The molecule has 0 aliphatic carbocycles. The molecule has 3 nitrogen and oxygen atoms in total. The van der Waals surface area contributed by atoms with Crippen LogP contribution in [-0.4, -0.2) is 30.2 Å². The molecule has 52 valence electrons. The second-order valence-corrected chi connectivity index (χ2v) is 1.15. The Morgan fingerprint density at radius 2 is 1.75 bits per heavy atom. The first kappa shape index (κ1) is 10.8. The summed E-state index contributed by atoms with van der Waals surface area (Å²) in [5, 5.41) is 15.7. The molecule has 0 radical (unpaired) electrons. The Kier molecular flexibility index (Phi) is 13.5. The second-order valence-electron chi connectivity index (χ2n) is 1.15. The molecule has 2 N–H and O–H groups in total. The number of rotatable bonds is 1. The number of aliphatic hydroxyl groups excluding tert-OH is 2. The van der Waals surface area contributed by atoms with Crippen LogP contribution in [0.25, 0.3) is 0 Å². The zero-order valence-electron chi connectivity index (χ0n) is 5.59. The van der Waals surface area contributed by atoms with E-state index in [1.54, 1.807) is 13.8 Å². The number of methoxy groups -OCH3 is 1. The summed E-state index contributed by atoms with van der Waals surface area (Å²) in [4.78, 5) is 0. The minimum atomic E-state index is -0.616. The van der Waals surface area contributed by atoms with Crippen LogP contribution in [0.2, 0.25) is 0 Å². The number of hydrogen-bond acceptors (Lipinski definition) is 3. The van der Waals surface area contributed by atoms with Crippen molar-refractivity contribution < 1.29 is 14.9 Å². The summed E-state index contributed by atoms with van der Waals surface area (Å²) in [6.07, 6.45) is -0.616. The van der Waals surface area contributed by atoms with Crippen molar-refractivity contribution in [2.75, 3.05) is 13.7 Å². The highest BCUT2D eigenvalue weighted by atomic mass is 16.6. The van der Waals surface area contributed by atoms with Gasteiger partial charge in [-0.3, -0.25) is 0 Å². The Bertz CT molecular complexity index is 28.9. The summed E-state index contributed by atoms with van der Waals surface area (Å²) in [5.41, 5.74) is 0. The number of aliphatic hydroxyl groups is 2. The summed E-state index contributed by atoms with van der Waals surface area (Å²) in [7, 11) is 1.45. The van der Waals surface area contributed by atoms with E-state index in [9.17, 15) is 0 Å². The smallest absolute Gasteiger partial charge is 0.151 e. The maximum Gasteiger partial charge on any atom is 0.151 e. The van der Waals surface area contributed by atoms with Gasteiger partial charge in [0.05, 0.1) is 0 Å². The van der Waals surface area contributed by atoms with Crippen LogP contribution in [-0.2, 0) is 4.74 Å². The standard InChI is InChI=1S/C3H8O2.C2H6O/c1-3(4)5-2;1-2-3/h3-4H,1-2H3;3H,2H2,1H3. The number of hydrogen-bond donors (Lipinski definition) is 2. The van der Waals surface area contributed by atoms with Crippen molar-refractivity contribution in [1.29, 1.82) is 0 Å². The van der Waals surface area contributed by atoms with Crippen molar-refractivity contribution in [2.24, 2.45) is 0 Å². The molecule has 0 heterocycles. The molecule has 1 atom stereocenters. The molecular formula is C5H14O3. The average Bonchev–Trinajstić information content (AvgIpc) is 1.69. The van der Waals surface area contributed by atoms with Crippen molar-refractivity contribution in [3.63, 3.8) is 0 Å². The quantitative estimate of drug-likeness (QED) is 0.480. The monoisotopic (exact) mass is 122 g/mol. The molecule has 0 saturated carbocycles. The lowest BCUT2D eigenvalue weighted by molar-refractivity contribution is -0.0583. The predicted octanol–water partition coefficient (Wildman–Crippen LogP) is -0.0303. The van der Waals surface area contributed by atoms with Crippen molar-refractivity contribution in [1.82, 2.24) is 0 Å². The molecule has 0 spiro atoms. The molecule has 0 bridgehead atoms. The highest BCUT2D eigenvalue weighted by molar-refractivity contribution is 4.10. The van der Waals surface area contributed by atoms with Gasteiger partial charge in [-0.05, 0) is 13.8 Å². The van der Waals surface area contributed by atoms with Gasteiger partial charge in [0.2, 0.25) is 0 Å². The van der Waals surface area contributed by atoms with E-state index in [0.717, 1.165) is 0 Å². The van der Waals surface area contributed by atoms with Crippen LogP contribution in [0, 0.1) is 0 Å². The molecule has 0 amide bonds. The first-order chi connectivity index (χ1) is 3.68. The van der Waals surface area contributed by atoms with Gasteiger partial charge in [0.25, 0.3) is 0 Å². The molecule has 0 aliphatic rings. The fourth-order valence-corrected chi connectivity index (χ4v) is 0. The largest absolute Gasteiger partial charge is 0.397 e. The molecule has 0 rings (SSSR count). The van der Waals surface area contributed by atoms with E-state index in [-0.39, 0.29) is 6.61 Å². The minimum Gasteiger partial charge on any atom is -0.397 e. The molecule has 3 heteroatoms. The zero-order valence-corrected chi connectivity index (χ0v) is 5.59. The molecule has 0 saturated heterocycles. The zero-order chi connectivity index (χ0) is 6.99. The first-order valence-electron chi connectivity index (χ1n) is 2.50. The van der Waals surface area contributed by atoms with Crippen molar-refractivity contribution in [3.8, 4) is 0 Å². The van der Waals surface area contributed by atoms with Crippen LogP contribution in [0.1, 0.15) is 13.8 Å². The lowest BCUT2D eigenvalue weighted by Crippen LogP contribution is -1.99.